The molecule has 1 unspecified atom stereocenters. The summed E-state index contributed by atoms with van der Waals surface area (Å²) < 4.78 is 11.0. The van der Waals surface area contributed by atoms with Gasteiger partial charge in [-0.25, -0.2) is 0 Å². The van der Waals surface area contributed by atoms with Gasteiger partial charge in [-0.2, -0.15) is 0 Å². The summed E-state index contributed by atoms with van der Waals surface area (Å²) >= 11 is 0. The Bertz CT molecular complexity index is 260. The number of pyridine rings is 1. The molecule has 0 aliphatic rings. The number of hydrogen-bond acceptors (Lipinski definition) is 2. The van der Waals surface area contributed by atoms with Gasteiger partial charge in [0.05, 0.1) is 0 Å². The lowest BCUT2D eigenvalue weighted by atomic mass is 10.4. The second-order valence-electron chi connectivity index (χ2n) is 2.24. The highest BCUT2D eigenvalue weighted by Gasteiger charge is 1.95. The van der Waals surface area contributed by atoms with Crippen molar-refractivity contribution in [2.45, 2.75) is 6.92 Å². The standard InChI is InChI=1S/C7H10NOP/c1-6-5-7(10(2)9)3-4-8-6/h3-5,10H,1-2H3. The van der Waals surface area contributed by atoms with Gasteiger partial charge in [-0.1, -0.05) is 0 Å². The molecule has 0 aliphatic heterocycles. The highest BCUT2D eigenvalue weighted by atomic mass is 31.1. The highest BCUT2D eigenvalue weighted by molar-refractivity contribution is 7.52. The van der Waals surface area contributed by atoms with Crippen molar-refractivity contribution in [2.24, 2.45) is 0 Å². The molecule has 1 rings (SSSR count). The summed E-state index contributed by atoms with van der Waals surface area (Å²) in [5.41, 5.74) is 0.928. The summed E-state index contributed by atoms with van der Waals surface area (Å²) in [6, 6.07) is 3.66. The monoisotopic (exact) mass is 155 g/mol. The molecule has 54 valence electrons. The highest BCUT2D eigenvalue weighted by Crippen LogP contribution is 2.12. The van der Waals surface area contributed by atoms with E-state index in [9.17, 15) is 4.57 Å². The fraction of sp³-hybridized carbons (Fsp3) is 0.286. The van der Waals surface area contributed by atoms with Crippen LogP contribution in [0.15, 0.2) is 18.3 Å². The van der Waals surface area contributed by atoms with Gasteiger partial charge >= 0.3 is 0 Å². The number of nitrogens with zero attached hydrogens (tertiary/aromatic N) is 1. The zero-order valence-corrected chi connectivity index (χ0v) is 7.09. The van der Waals surface area contributed by atoms with Crippen molar-refractivity contribution in [3.63, 3.8) is 0 Å². The second kappa shape index (κ2) is 2.98. The van der Waals surface area contributed by atoms with E-state index in [0.29, 0.717) is 0 Å². The van der Waals surface area contributed by atoms with Crippen molar-refractivity contribution in [1.29, 1.82) is 0 Å². The van der Waals surface area contributed by atoms with Crippen LogP contribution in [0, 0.1) is 6.92 Å². The van der Waals surface area contributed by atoms with Crippen LogP contribution >= 0.6 is 7.80 Å². The number of aryl methyl sites for hydroxylation is 1. The SMILES string of the molecule is Cc1cc([PH](C)=O)ccn1. The van der Waals surface area contributed by atoms with E-state index < -0.39 is 7.80 Å². The van der Waals surface area contributed by atoms with E-state index in [1.807, 2.05) is 13.0 Å². The van der Waals surface area contributed by atoms with Gasteiger partial charge in [0.1, 0.15) is 7.80 Å². The number of aromatic nitrogens is 1. The Morgan fingerprint density at radius 1 is 1.60 bits per heavy atom. The lowest BCUT2D eigenvalue weighted by Gasteiger charge is -1.95. The maximum Gasteiger partial charge on any atom is 0.101 e. The molecule has 0 saturated carbocycles. The molecule has 2 nitrogen and oxygen atoms in total. The molecular formula is C7H10NOP. The van der Waals surface area contributed by atoms with Crippen LogP contribution in [0.1, 0.15) is 5.69 Å². The van der Waals surface area contributed by atoms with Gasteiger partial charge in [0.15, 0.2) is 0 Å². The maximum atomic E-state index is 11.0. The molecule has 0 aliphatic carbocycles. The van der Waals surface area contributed by atoms with Crippen LogP contribution in [0.25, 0.3) is 0 Å². The van der Waals surface area contributed by atoms with Crippen molar-refractivity contribution < 1.29 is 4.57 Å². The predicted molar refractivity (Wildman–Crippen MR) is 43.5 cm³/mol. The smallest absolute Gasteiger partial charge is 0.101 e. The normalized spacial score (nSPS) is 13.0. The zero-order chi connectivity index (χ0) is 7.56. The molecule has 1 aromatic rings. The predicted octanol–water partition coefficient (Wildman–Crippen LogP) is 1.20. The first-order valence-corrected chi connectivity index (χ1v) is 5.04. The summed E-state index contributed by atoms with van der Waals surface area (Å²) in [6.07, 6.45) is 1.69. The lowest BCUT2D eigenvalue weighted by Crippen LogP contribution is -1.96. The van der Waals surface area contributed by atoms with Gasteiger partial charge in [0.25, 0.3) is 0 Å². The van der Waals surface area contributed by atoms with Crippen molar-refractivity contribution in [2.75, 3.05) is 6.66 Å². The average Bonchev–Trinajstić information content (AvgIpc) is 1.88. The van der Waals surface area contributed by atoms with E-state index in [1.165, 1.54) is 0 Å². The van der Waals surface area contributed by atoms with Gasteiger partial charge in [-0.05, 0) is 25.7 Å². The molecule has 3 heteroatoms. The van der Waals surface area contributed by atoms with Crippen LogP contribution in [0.3, 0.4) is 0 Å². The van der Waals surface area contributed by atoms with Crippen molar-refractivity contribution >= 4 is 13.1 Å². The Kier molecular flexibility index (Phi) is 2.23. The largest absolute Gasteiger partial charge is 0.322 e. The van der Waals surface area contributed by atoms with E-state index in [-0.39, 0.29) is 0 Å². The minimum atomic E-state index is -1.52. The van der Waals surface area contributed by atoms with Crippen LogP contribution in [-0.4, -0.2) is 11.6 Å². The molecule has 10 heavy (non-hydrogen) atoms. The Hall–Kier alpha value is -0.620. The summed E-state index contributed by atoms with van der Waals surface area (Å²) in [7, 11) is -1.52. The molecule has 0 bridgehead atoms. The first kappa shape index (κ1) is 7.49. The van der Waals surface area contributed by atoms with Gasteiger partial charge in [0, 0.05) is 17.2 Å². The summed E-state index contributed by atoms with van der Waals surface area (Å²) in [6.45, 7) is 3.63. The molecule has 1 aromatic heterocycles. The Morgan fingerprint density at radius 3 is 2.70 bits per heavy atom. The molecule has 1 atom stereocenters. The molecule has 0 amide bonds. The van der Waals surface area contributed by atoms with E-state index in [2.05, 4.69) is 4.98 Å². The van der Waals surface area contributed by atoms with Crippen LogP contribution < -0.4 is 5.30 Å². The van der Waals surface area contributed by atoms with Gasteiger partial charge in [0.2, 0.25) is 0 Å². The first-order valence-electron chi connectivity index (χ1n) is 3.14. The molecule has 0 aromatic carbocycles. The third-order valence-electron chi connectivity index (χ3n) is 1.30. The molecular weight excluding hydrogens is 145 g/mol. The first-order chi connectivity index (χ1) is 4.70. The lowest BCUT2D eigenvalue weighted by molar-refractivity contribution is 0.596. The fourth-order valence-electron chi connectivity index (χ4n) is 0.765. The maximum absolute atomic E-state index is 11.0. The van der Waals surface area contributed by atoms with Crippen molar-refractivity contribution in [1.82, 2.24) is 4.98 Å². The minimum Gasteiger partial charge on any atom is -0.322 e. The van der Waals surface area contributed by atoms with Crippen LogP contribution in [0.2, 0.25) is 0 Å². The second-order valence-corrected chi connectivity index (χ2v) is 3.93. The van der Waals surface area contributed by atoms with E-state index >= 15 is 0 Å². The Labute approximate surface area is 61.1 Å². The van der Waals surface area contributed by atoms with Gasteiger partial charge in [-0.15, -0.1) is 0 Å². The summed E-state index contributed by atoms with van der Waals surface area (Å²) in [5.74, 6) is 0. The number of hydrogen-bond donors (Lipinski definition) is 0. The molecule has 0 fully saturated rings. The van der Waals surface area contributed by atoms with Gasteiger partial charge < -0.3 is 4.57 Å². The van der Waals surface area contributed by atoms with Crippen LogP contribution in [0.4, 0.5) is 0 Å². The fourth-order valence-corrected chi connectivity index (χ4v) is 1.49. The Morgan fingerprint density at radius 2 is 2.30 bits per heavy atom. The average molecular weight is 155 g/mol. The Balaban J connectivity index is 3.07. The minimum absolute atomic E-state index is 0.914. The summed E-state index contributed by atoms with van der Waals surface area (Å²) in [5, 5.41) is 0.914. The number of rotatable bonds is 1. The van der Waals surface area contributed by atoms with Crippen molar-refractivity contribution in [3.05, 3.63) is 24.0 Å². The third-order valence-corrected chi connectivity index (χ3v) is 2.43. The van der Waals surface area contributed by atoms with Crippen LogP contribution in [0.5, 0.6) is 0 Å². The molecule has 0 spiro atoms. The van der Waals surface area contributed by atoms with Gasteiger partial charge in [-0.3, -0.25) is 4.98 Å². The molecule has 0 radical (unpaired) electrons. The van der Waals surface area contributed by atoms with E-state index in [0.717, 1.165) is 11.0 Å². The topological polar surface area (TPSA) is 30.0 Å². The van der Waals surface area contributed by atoms with Crippen molar-refractivity contribution in [3.8, 4) is 0 Å². The molecule has 1 heterocycles. The summed E-state index contributed by atoms with van der Waals surface area (Å²) in [4.78, 5) is 4.00. The molecule has 0 saturated heterocycles. The molecule has 0 N–H and O–H groups in total. The van der Waals surface area contributed by atoms with Crippen LogP contribution in [-0.2, 0) is 4.57 Å². The van der Waals surface area contributed by atoms with E-state index in [4.69, 9.17) is 0 Å². The third kappa shape index (κ3) is 1.68. The quantitative estimate of drug-likeness (QED) is 0.570. The van der Waals surface area contributed by atoms with E-state index in [1.54, 1.807) is 18.9 Å². The zero-order valence-electron chi connectivity index (χ0n) is 6.09.